The van der Waals surface area contributed by atoms with Gasteiger partial charge >= 0.3 is 0 Å². The van der Waals surface area contributed by atoms with E-state index in [1.807, 2.05) is 24.4 Å². The summed E-state index contributed by atoms with van der Waals surface area (Å²) >= 11 is 5.87. The molecule has 1 N–H and O–H groups in total. The first-order valence-corrected chi connectivity index (χ1v) is 12.7. The van der Waals surface area contributed by atoms with Gasteiger partial charge in [0.15, 0.2) is 5.11 Å². The molecule has 1 saturated heterocycles. The predicted molar refractivity (Wildman–Crippen MR) is 143 cm³/mol. The lowest BCUT2D eigenvalue weighted by molar-refractivity contribution is 0.210. The van der Waals surface area contributed by atoms with Gasteiger partial charge in [-0.2, -0.15) is 0 Å². The molecule has 35 heavy (non-hydrogen) atoms. The Bertz CT molecular complexity index is 1280. The molecule has 0 radical (unpaired) electrons. The molecule has 176 valence electrons. The highest BCUT2D eigenvalue weighted by molar-refractivity contribution is 7.80. The van der Waals surface area contributed by atoms with E-state index in [4.69, 9.17) is 17.0 Å². The lowest BCUT2D eigenvalue weighted by Gasteiger charge is -2.27. The lowest BCUT2D eigenvalue weighted by Crippen LogP contribution is -2.29. The Morgan fingerprint density at radius 3 is 2.37 bits per heavy atom. The molecule has 2 fully saturated rings. The quantitative estimate of drug-likeness (QED) is 0.325. The number of thiocarbonyl (C=S) groups is 1. The first-order chi connectivity index (χ1) is 17.3. The van der Waals surface area contributed by atoms with Gasteiger partial charge in [0.25, 0.3) is 0 Å². The molecule has 1 aliphatic heterocycles. The number of benzene rings is 2. The summed E-state index contributed by atoms with van der Waals surface area (Å²) in [5, 5.41) is 4.24. The zero-order valence-corrected chi connectivity index (χ0v) is 20.3. The molecule has 0 amide bonds. The number of nitrogens with one attached hydrogen (secondary N) is 1. The number of hydrogen-bond donors (Lipinski definition) is 1. The number of aromatic nitrogens is 2. The number of ether oxygens (including phenoxy) is 1. The van der Waals surface area contributed by atoms with Crippen LogP contribution in [0.4, 0.5) is 5.69 Å². The Kier molecular flexibility index (Phi) is 5.96. The highest BCUT2D eigenvalue weighted by Crippen LogP contribution is 2.42. The highest BCUT2D eigenvalue weighted by Gasteiger charge is 2.41. The molecule has 2 atom stereocenters. The molecule has 0 unspecified atom stereocenters. The first-order valence-electron chi connectivity index (χ1n) is 12.3. The highest BCUT2D eigenvalue weighted by atomic mass is 32.1. The number of nitrogens with zero attached hydrogens (tertiary/aromatic N) is 3. The Morgan fingerprint density at radius 1 is 0.857 bits per heavy atom. The molecule has 0 spiro atoms. The molecule has 6 rings (SSSR count). The van der Waals surface area contributed by atoms with Crippen LogP contribution in [-0.4, -0.2) is 20.8 Å². The lowest BCUT2D eigenvalue weighted by atomic mass is 9.98. The van der Waals surface area contributed by atoms with Gasteiger partial charge in [0.05, 0.1) is 23.9 Å². The van der Waals surface area contributed by atoms with Crippen LogP contribution in [0.2, 0.25) is 0 Å². The Labute approximate surface area is 211 Å². The number of hydrogen-bond acceptors (Lipinski definition) is 3. The fourth-order valence-corrected chi connectivity index (χ4v) is 5.55. The van der Waals surface area contributed by atoms with E-state index in [1.54, 1.807) is 0 Å². The van der Waals surface area contributed by atoms with Crippen molar-refractivity contribution >= 4 is 23.0 Å². The van der Waals surface area contributed by atoms with E-state index < -0.39 is 0 Å². The Morgan fingerprint density at radius 2 is 1.63 bits per heavy atom. The van der Waals surface area contributed by atoms with Crippen molar-refractivity contribution in [3.05, 3.63) is 109 Å². The molecule has 6 heteroatoms. The van der Waals surface area contributed by atoms with Crippen molar-refractivity contribution in [1.82, 2.24) is 14.9 Å². The fraction of sp³-hybridized carbons (Fsp3) is 0.241. The number of rotatable bonds is 6. The van der Waals surface area contributed by atoms with Crippen LogP contribution in [0.3, 0.4) is 0 Å². The molecule has 1 aliphatic carbocycles. The summed E-state index contributed by atoms with van der Waals surface area (Å²) in [5.41, 5.74) is 4.30. The summed E-state index contributed by atoms with van der Waals surface area (Å²) in [6.45, 7) is 0. The largest absolute Gasteiger partial charge is 0.490 e. The first kappa shape index (κ1) is 21.9. The van der Waals surface area contributed by atoms with Crippen molar-refractivity contribution in [3.63, 3.8) is 0 Å². The predicted octanol–water partition coefficient (Wildman–Crippen LogP) is 6.37. The Balaban J connectivity index is 1.35. The second-order valence-corrected chi connectivity index (χ2v) is 9.59. The minimum absolute atomic E-state index is 0.0380. The minimum atomic E-state index is -0.0651. The maximum atomic E-state index is 6.19. The van der Waals surface area contributed by atoms with Gasteiger partial charge in [-0.05, 0) is 98.1 Å². The normalized spacial score (nSPS) is 20.2. The third-order valence-electron chi connectivity index (χ3n) is 6.93. The van der Waals surface area contributed by atoms with Crippen molar-refractivity contribution in [2.75, 3.05) is 4.90 Å². The molecule has 0 bridgehead atoms. The third kappa shape index (κ3) is 4.42. The van der Waals surface area contributed by atoms with E-state index in [0.29, 0.717) is 11.2 Å². The average Bonchev–Trinajstić information content (AvgIpc) is 3.66. The molecular weight excluding hydrogens is 452 g/mol. The van der Waals surface area contributed by atoms with Gasteiger partial charge in [-0.15, -0.1) is 0 Å². The van der Waals surface area contributed by atoms with Crippen LogP contribution in [0, 0.1) is 0 Å². The number of para-hydroxylation sites is 1. The van der Waals surface area contributed by atoms with Crippen LogP contribution >= 0.6 is 12.2 Å². The van der Waals surface area contributed by atoms with E-state index in [1.165, 1.54) is 18.4 Å². The summed E-state index contributed by atoms with van der Waals surface area (Å²) in [4.78, 5) is 6.87. The van der Waals surface area contributed by atoms with Crippen molar-refractivity contribution in [2.24, 2.45) is 0 Å². The van der Waals surface area contributed by atoms with Crippen LogP contribution in [0.25, 0.3) is 5.69 Å². The van der Waals surface area contributed by atoms with E-state index in [0.717, 1.165) is 35.7 Å². The van der Waals surface area contributed by atoms with Crippen LogP contribution in [-0.2, 0) is 0 Å². The van der Waals surface area contributed by atoms with Crippen LogP contribution in [0.15, 0.2) is 97.5 Å². The van der Waals surface area contributed by atoms with Gasteiger partial charge in [-0.25, -0.2) is 0 Å². The average molecular weight is 481 g/mol. The molecule has 2 aromatic carbocycles. The van der Waals surface area contributed by atoms with Gasteiger partial charge in [0, 0.05) is 30.0 Å². The van der Waals surface area contributed by atoms with Gasteiger partial charge in [-0.3, -0.25) is 4.98 Å². The topological polar surface area (TPSA) is 42.3 Å². The molecular formula is C29H28N4OS. The molecule has 3 heterocycles. The SMILES string of the molecule is S=C1N[C@@H](c2ccccn2)[C@H](c2ccn(-c3ccccc3)c2)N1c1ccc(OC2CCCC2)cc1. The molecule has 2 aromatic heterocycles. The fourth-order valence-electron chi connectivity index (χ4n) is 5.20. The van der Waals surface area contributed by atoms with Crippen LogP contribution in [0.5, 0.6) is 5.75 Å². The Hall–Kier alpha value is -3.64. The molecule has 2 aliphatic rings. The molecule has 5 nitrogen and oxygen atoms in total. The third-order valence-corrected chi connectivity index (χ3v) is 7.24. The monoisotopic (exact) mass is 480 g/mol. The van der Waals surface area contributed by atoms with E-state index in [-0.39, 0.29) is 12.1 Å². The van der Waals surface area contributed by atoms with E-state index in [2.05, 4.69) is 92.8 Å². The van der Waals surface area contributed by atoms with Crippen molar-refractivity contribution in [1.29, 1.82) is 0 Å². The van der Waals surface area contributed by atoms with Gasteiger partial charge < -0.3 is 19.5 Å². The summed E-state index contributed by atoms with van der Waals surface area (Å²) in [7, 11) is 0. The van der Waals surface area contributed by atoms with Gasteiger partial charge in [0.1, 0.15) is 5.75 Å². The van der Waals surface area contributed by atoms with Crippen LogP contribution < -0.4 is 15.0 Å². The summed E-state index contributed by atoms with van der Waals surface area (Å²) < 4.78 is 8.35. The maximum absolute atomic E-state index is 6.19. The zero-order valence-electron chi connectivity index (χ0n) is 19.5. The smallest absolute Gasteiger partial charge is 0.174 e. The molecule has 1 saturated carbocycles. The van der Waals surface area contributed by atoms with E-state index >= 15 is 0 Å². The minimum Gasteiger partial charge on any atom is -0.490 e. The number of anilines is 1. The zero-order chi connectivity index (χ0) is 23.6. The summed E-state index contributed by atoms with van der Waals surface area (Å²) in [5.74, 6) is 0.923. The van der Waals surface area contributed by atoms with Crippen molar-refractivity contribution in [3.8, 4) is 11.4 Å². The van der Waals surface area contributed by atoms with E-state index in [9.17, 15) is 0 Å². The second kappa shape index (κ2) is 9.55. The molecule has 4 aromatic rings. The van der Waals surface area contributed by atoms with Gasteiger partial charge in [-0.1, -0.05) is 24.3 Å². The maximum Gasteiger partial charge on any atom is 0.174 e. The van der Waals surface area contributed by atoms with Crippen molar-refractivity contribution < 1.29 is 4.74 Å². The second-order valence-electron chi connectivity index (χ2n) is 9.20. The standard InChI is InChI=1S/C29H28N4OS/c35-29-31-27(26-12-6-7-18-30-26)28(21-17-19-32(20-21)22-8-2-1-3-9-22)33(29)23-13-15-25(16-14-23)34-24-10-4-5-11-24/h1-3,6-9,12-20,24,27-28H,4-5,10-11H2,(H,31,35)/t27-,28-/m0/s1. The van der Waals surface area contributed by atoms with Crippen molar-refractivity contribution in [2.45, 2.75) is 43.9 Å². The van der Waals surface area contributed by atoms with Gasteiger partial charge in [0.2, 0.25) is 0 Å². The summed E-state index contributed by atoms with van der Waals surface area (Å²) in [6, 6.07) is 26.8. The number of pyridine rings is 1. The van der Waals surface area contributed by atoms with Crippen LogP contribution in [0.1, 0.15) is 49.0 Å². The summed E-state index contributed by atoms with van der Waals surface area (Å²) in [6.07, 6.45) is 11.3.